The van der Waals surface area contributed by atoms with Crippen molar-refractivity contribution >= 4 is 67.2 Å². The van der Waals surface area contributed by atoms with Crippen molar-refractivity contribution in [1.29, 1.82) is 0 Å². The zero-order chi connectivity index (χ0) is 26.5. The number of halogens is 3. The predicted octanol–water partition coefficient (Wildman–Crippen LogP) is 7.79. The predicted molar refractivity (Wildman–Crippen MR) is 162 cm³/mol. The van der Waals surface area contributed by atoms with E-state index >= 15 is 0 Å². The van der Waals surface area contributed by atoms with Gasteiger partial charge in [0.2, 0.25) is 0 Å². The maximum Gasteiger partial charge on any atom is 0.282 e. The fourth-order valence-electron chi connectivity index (χ4n) is 3.73. The van der Waals surface area contributed by atoms with Crippen LogP contribution in [0, 0.1) is 3.57 Å². The van der Waals surface area contributed by atoms with Crippen LogP contribution in [0.25, 0.3) is 10.9 Å². The van der Waals surface area contributed by atoms with Gasteiger partial charge in [-0.25, -0.2) is 4.98 Å². The molecule has 0 amide bonds. The molecule has 9 heteroatoms. The van der Waals surface area contributed by atoms with Gasteiger partial charge in [0.1, 0.15) is 12.4 Å². The minimum Gasteiger partial charge on any atom is -0.490 e. The Bertz CT molecular complexity index is 1520. The summed E-state index contributed by atoms with van der Waals surface area (Å²) in [4.78, 5) is 18.2. The molecule has 1 aromatic heterocycles. The summed E-state index contributed by atoms with van der Waals surface area (Å²) in [5, 5.41) is 5.74. The Labute approximate surface area is 242 Å². The van der Waals surface area contributed by atoms with Crippen LogP contribution in [0.5, 0.6) is 11.5 Å². The van der Waals surface area contributed by atoms with E-state index in [4.69, 9.17) is 26.1 Å². The minimum atomic E-state index is -0.211. The highest BCUT2D eigenvalue weighted by Crippen LogP contribution is 2.35. The lowest BCUT2D eigenvalue weighted by atomic mass is 10.1. The van der Waals surface area contributed by atoms with Gasteiger partial charge < -0.3 is 9.47 Å². The van der Waals surface area contributed by atoms with Crippen molar-refractivity contribution in [2.75, 3.05) is 6.61 Å². The number of ether oxygens (including phenoxy) is 2. The zero-order valence-corrected chi connectivity index (χ0v) is 25.2. The Morgan fingerprint density at radius 2 is 1.95 bits per heavy atom. The average molecular weight is 695 g/mol. The Hall–Kier alpha value is -2.43. The number of hydrogen-bond acceptors (Lipinski definition) is 5. The number of rotatable bonds is 9. The molecule has 4 aromatic rings. The Kier molecular flexibility index (Phi) is 9.26. The molecular weight excluding hydrogens is 669 g/mol. The van der Waals surface area contributed by atoms with Gasteiger partial charge >= 0.3 is 0 Å². The normalized spacial score (nSPS) is 12.3. The Morgan fingerprint density at radius 1 is 1.16 bits per heavy atom. The van der Waals surface area contributed by atoms with Crippen molar-refractivity contribution in [3.63, 3.8) is 0 Å². The molecule has 0 N–H and O–H groups in total. The van der Waals surface area contributed by atoms with E-state index in [1.54, 1.807) is 12.3 Å². The number of nitrogens with zero attached hydrogens (tertiary/aromatic N) is 3. The quantitative estimate of drug-likeness (QED) is 0.133. The summed E-state index contributed by atoms with van der Waals surface area (Å²) in [7, 11) is 0. The van der Waals surface area contributed by atoms with E-state index in [0.29, 0.717) is 46.5 Å². The first-order valence-electron chi connectivity index (χ1n) is 11.9. The maximum absolute atomic E-state index is 13.4. The molecule has 4 rings (SSSR count). The van der Waals surface area contributed by atoms with Crippen molar-refractivity contribution in [1.82, 2.24) is 9.66 Å². The van der Waals surface area contributed by atoms with Gasteiger partial charge in [-0.2, -0.15) is 9.78 Å². The second-order valence-electron chi connectivity index (χ2n) is 8.45. The lowest BCUT2D eigenvalue weighted by Gasteiger charge is -2.16. The minimum absolute atomic E-state index is 0.0533. The molecule has 0 aliphatic carbocycles. The van der Waals surface area contributed by atoms with Crippen molar-refractivity contribution in [3.8, 4) is 11.5 Å². The third kappa shape index (κ3) is 6.35. The van der Waals surface area contributed by atoms with Gasteiger partial charge in [-0.3, -0.25) is 4.79 Å². The number of aromatic nitrogens is 2. The standard InChI is InChI=1S/C28H26BrClIN3O3/c1-4-17(3)27-33-24-11-10-20(29)14-21(24)28(35)34(27)32-15-18-12-23(31)26(25(13-18)36-5-2)37-16-19-8-6-7-9-22(19)30/h6-15,17H,4-5,16H2,1-3H3/t17-/m1/s1. The topological polar surface area (TPSA) is 65.7 Å². The molecule has 6 nitrogen and oxygen atoms in total. The van der Waals surface area contributed by atoms with Crippen LogP contribution in [0.15, 0.2) is 69.0 Å². The first-order valence-corrected chi connectivity index (χ1v) is 14.2. The van der Waals surface area contributed by atoms with Crippen molar-refractivity contribution < 1.29 is 9.47 Å². The lowest BCUT2D eigenvalue weighted by molar-refractivity contribution is 0.267. The van der Waals surface area contributed by atoms with Gasteiger partial charge in [-0.05, 0) is 77.9 Å². The zero-order valence-electron chi connectivity index (χ0n) is 20.7. The lowest BCUT2D eigenvalue weighted by Crippen LogP contribution is -2.23. The van der Waals surface area contributed by atoms with Gasteiger partial charge in [0.15, 0.2) is 11.5 Å². The van der Waals surface area contributed by atoms with Crippen LogP contribution in [0.4, 0.5) is 0 Å². The monoisotopic (exact) mass is 693 g/mol. The van der Waals surface area contributed by atoms with Gasteiger partial charge in [-0.15, -0.1) is 0 Å². The third-order valence-electron chi connectivity index (χ3n) is 5.87. The van der Waals surface area contributed by atoms with Gasteiger partial charge in [-0.1, -0.05) is 59.6 Å². The second kappa shape index (κ2) is 12.4. The molecule has 0 saturated carbocycles. The second-order valence-corrected chi connectivity index (χ2v) is 10.9. The SMILES string of the molecule is CCOc1cc(C=Nn2c([C@H](C)CC)nc3ccc(Br)cc3c2=O)cc(I)c1OCc1ccccc1Cl. The average Bonchev–Trinajstić information content (AvgIpc) is 2.88. The molecule has 1 heterocycles. The molecule has 0 fully saturated rings. The van der Waals surface area contributed by atoms with Crippen LogP contribution in [0.2, 0.25) is 5.02 Å². The first-order chi connectivity index (χ1) is 17.8. The van der Waals surface area contributed by atoms with Crippen LogP contribution < -0.4 is 15.0 Å². The third-order valence-corrected chi connectivity index (χ3v) is 7.53. The van der Waals surface area contributed by atoms with E-state index in [1.807, 2.05) is 62.4 Å². The molecule has 0 aliphatic rings. The summed E-state index contributed by atoms with van der Waals surface area (Å²) in [5.74, 6) is 1.91. The first kappa shape index (κ1) is 27.6. The highest BCUT2D eigenvalue weighted by atomic mass is 127. The molecule has 0 aliphatic heterocycles. The molecule has 0 bridgehead atoms. The fraction of sp³-hybridized carbons (Fsp3) is 0.250. The van der Waals surface area contributed by atoms with Crippen molar-refractivity contribution in [2.24, 2.45) is 5.10 Å². The van der Waals surface area contributed by atoms with Gasteiger partial charge in [0.05, 0.1) is 27.3 Å². The van der Waals surface area contributed by atoms with Gasteiger partial charge in [0.25, 0.3) is 5.56 Å². The molecule has 0 saturated heterocycles. The Balaban J connectivity index is 1.72. The van der Waals surface area contributed by atoms with E-state index in [1.165, 1.54) is 4.68 Å². The summed E-state index contributed by atoms with van der Waals surface area (Å²) >= 11 is 12.0. The van der Waals surface area contributed by atoms with Crippen LogP contribution in [-0.2, 0) is 6.61 Å². The molecule has 1 atom stereocenters. The van der Waals surface area contributed by atoms with Crippen LogP contribution in [-0.4, -0.2) is 22.5 Å². The van der Waals surface area contributed by atoms with Crippen molar-refractivity contribution in [3.05, 3.63) is 95.0 Å². The molecule has 0 spiro atoms. The van der Waals surface area contributed by atoms with Crippen molar-refractivity contribution in [2.45, 2.75) is 39.7 Å². The van der Waals surface area contributed by atoms with E-state index in [0.717, 1.165) is 25.6 Å². The van der Waals surface area contributed by atoms with E-state index in [2.05, 4.69) is 50.5 Å². The smallest absolute Gasteiger partial charge is 0.282 e. The number of benzene rings is 3. The van der Waals surface area contributed by atoms with E-state index in [9.17, 15) is 4.79 Å². The van der Waals surface area contributed by atoms with E-state index in [-0.39, 0.29) is 11.5 Å². The number of hydrogen-bond donors (Lipinski definition) is 0. The summed E-state index contributed by atoms with van der Waals surface area (Å²) in [6, 6.07) is 16.9. The van der Waals surface area contributed by atoms with Gasteiger partial charge in [0, 0.05) is 21.0 Å². The fourth-order valence-corrected chi connectivity index (χ4v) is 5.07. The number of fused-ring (bicyclic) bond motifs is 1. The highest BCUT2D eigenvalue weighted by Gasteiger charge is 2.17. The molecule has 192 valence electrons. The molecule has 37 heavy (non-hydrogen) atoms. The summed E-state index contributed by atoms with van der Waals surface area (Å²) in [5.41, 5.74) is 2.11. The largest absolute Gasteiger partial charge is 0.490 e. The van der Waals surface area contributed by atoms with Crippen LogP contribution in [0.3, 0.4) is 0 Å². The molecule has 0 unspecified atom stereocenters. The molecule has 3 aromatic carbocycles. The summed E-state index contributed by atoms with van der Waals surface area (Å²) in [6.45, 7) is 6.81. The summed E-state index contributed by atoms with van der Waals surface area (Å²) < 4.78 is 15.1. The highest BCUT2D eigenvalue weighted by molar-refractivity contribution is 14.1. The molecule has 0 radical (unpaired) electrons. The van der Waals surface area contributed by atoms with Crippen LogP contribution >= 0.6 is 50.1 Å². The van der Waals surface area contributed by atoms with E-state index < -0.39 is 0 Å². The molecular formula is C28H26BrClIN3O3. The maximum atomic E-state index is 13.4. The van der Waals surface area contributed by atoms with Crippen LogP contribution in [0.1, 0.15) is 50.1 Å². The summed E-state index contributed by atoms with van der Waals surface area (Å²) in [6.07, 6.45) is 2.48. The Morgan fingerprint density at radius 3 is 2.68 bits per heavy atom.